The zero-order valence-corrected chi connectivity index (χ0v) is 15.4. The maximum atomic E-state index is 5.89. The van der Waals surface area contributed by atoms with Crippen LogP contribution in [0.4, 0.5) is 0 Å². The number of benzene rings is 1. The van der Waals surface area contributed by atoms with Crippen molar-refractivity contribution in [3.05, 3.63) is 46.2 Å². The summed E-state index contributed by atoms with van der Waals surface area (Å²) in [6, 6.07) is 11.9. The summed E-state index contributed by atoms with van der Waals surface area (Å²) >= 11 is 1.79. The highest BCUT2D eigenvalue weighted by Crippen LogP contribution is 2.19. The second-order valence-corrected chi connectivity index (χ2v) is 6.80. The summed E-state index contributed by atoms with van der Waals surface area (Å²) in [5.41, 5.74) is 0. The third-order valence-electron chi connectivity index (χ3n) is 3.39. The lowest BCUT2D eigenvalue weighted by Crippen LogP contribution is -2.41. The standard InChI is InChI=1S/C18H25N3O2S/c1-13(23-16-7-5-6-15(10-16)22-4)11-20-18(19-3)21-12-17-9-8-14(2)24-17/h5-10,13H,11-12H2,1-4H3,(H2,19,20,21). The van der Waals surface area contributed by atoms with Gasteiger partial charge in [0.2, 0.25) is 0 Å². The Labute approximate surface area is 147 Å². The second-order valence-electron chi connectivity index (χ2n) is 5.43. The molecule has 0 aliphatic rings. The number of thiophene rings is 1. The first-order valence-electron chi connectivity index (χ1n) is 7.91. The Morgan fingerprint density at radius 3 is 2.67 bits per heavy atom. The summed E-state index contributed by atoms with van der Waals surface area (Å²) in [5.74, 6) is 2.35. The van der Waals surface area contributed by atoms with Crippen LogP contribution in [0.2, 0.25) is 0 Å². The molecule has 0 radical (unpaired) electrons. The van der Waals surface area contributed by atoms with Crippen molar-refractivity contribution in [3.63, 3.8) is 0 Å². The average molecular weight is 347 g/mol. The Kier molecular flexibility index (Phi) is 6.93. The van der Waals surface area contributed by atoms with Crippen LogP contribution in [0.15, 0.2) is 41.4 Å². The number of aliphatic imine (C=N–C) groups is 1. The van der Waals surface area contributed by atoms with E-state index in [-0.39, 0.29) is 6.10 Å². The molecule has 1 unspecified atom stereocenters. The number of ether oxygens (including phenoxy) is 2. The van der Waals surface area contributed by atoms with Crippen LogP contribution in [0.25, 0.3) is 0 Å². The van der Waals surface area contributed by atoms with Crippen molar-refractivity contribution >= 4 is 17.3 Å². The van der Waals surface area contributed by atoms with E-state index in [2.05, 4.69) is 34.7 Å². The van der Waals surface area contributed by atoms with Gasteiger partial charge in [0.05, 0.1) is 20.2 Å². The van der Waals surface area contributed by atoms with Gasteiger partial charge >= 0.3 is 0 Å². The summed E-state index contributed by atoms with van der Waals surface area (Å²) in [7, 11) is 3.41. The van der Waals surface area contributed by atoms with Crippen molar-refractivity contribution in [2.45, 2.75) is 26.5 Å². The molecule has 0 fully saturated rings. The highest BCUT2D eigenvalue weighted by Gasteiger charge is 2.07. The summed E-state index contributed by atoms with van der Waals surface area (Å²) in [6.45, 7) is 5.55. The SMILES string of the molecule is CN=C(NCc1ccc(C)s1)NCC(C)Oc1cccc(OC)c1. The number of hydrogen-bond acceptors (Lipinski definition) is 4. The molecule has 6 heteroatoms. The van der Waals surface area contributed by atoms with Crippen molar-refractivity contribution in [2.24, 2.45) is 4.99 Å². The van der Waals surface area contributed by atoms with Crippen molar-refractivity contribution in [2.75, 3.05) is 20.7 Å². The summed E-state index contributed by atoms with van der Waals surface area (Å²) in [4.78, 5) is 6.84. The molecule has 1 aromatic heterocycles. The minimum atomic E-state index is -0.000335. The molecule has 0 saturated carbocycles. The number of guanidine groups is 1. The van der Waals surface area contributed by atoms with E-state index in [1.807, 2.05) is 31.2 Å². The van der Waals surface area contributed by atoms with E-state index in [1.165, 1.54) is 9.75 Å². The van der Waals surface area contributed by atoms with Gasteiger partial charge in [0.15, 0.2) is 5.96 Å². The number of rotatable bonds is 7. The van der Waals surface area contributed by atoms with Crippen LogP contribution in [0.5, 0.6) is 11.5 Å². The quantitative estimate of drug-likeness (QED) is 0.597. The first kappa shape index (κ1) is 18.1. The number of nitrogens with one attached hydrogen (secondary N) is 2. The molecule has 0 spiro atoms. The monoisotopic (exact) mass is 347 g/mol. The first-order chi connectivity index (χ1) is 11.6. The molecule has 2 rings (SSSR count). The second kappa shape index (κ2) is 9.17. The Balaban J connectivity index is 1.77. The molecule has 0 aliphatic heterocycles. The smallest absolute Gasteiger partial charge is 0.191 e. The third kappa shape index (κ3) is 5.77. The fraction of sp³-hybridized carbons (Fsp3) is 0.389. The molecule has 2 aromatic rings. The minimum absolute atomic E-state index is 0.000335. The van der Waals surface area contributed by atoms with Gasteiger partial charge in [-0.05, 0) is 38.1 Å². The van der Waals surface area contributed by atoms with Crippen molar-refractivity contribution in [3.8, 4) is 11.5 Å². The molecule has 24 heavy (non-hydrogen) atoms. The zero-order valence-electron chi connectivity index (χ0n) is 14.6. The highest BCUT2D eigenvalue weighted by atomic mass is 32.1. The lowest BCUT2D eigenvalue weighted by Gasteiger charge is -2.18. The van der Waals surface area contributed by atoms with Gasteiger partial charge in [0.1, 0.15) is 17.6 Å². The van der Waals surface area contributed by atoms with Crippen LogP contribution in [0, 0.1) is 6.92 Å². The van der Waals surface area contributed by atoms with Crippen molar-refractivity contribution in [1.82, 2.24) is 10.6 Å². The fourth-order valence-corrected chi connectivity index (χ4v) is 2.99. The van der Waals surface area contributed by atoms with Gasteiger partial charge in [-0.1, -0.05) is 6.07 Å². The van der Waals surface area contributed by atoms with E-state index in [4.69, 9.17) is 9.47 Å². The van der Waals surface area contributed by atoms with Gasteiger partial charge in [-0.15, -0.1) is 11.3 Å². The maximum Gasteiger partial charge on any atom is 0.191 e. The normalized spacial score (nSPS) is 12.6. The van der Waals surface area contributed by atoms with Crippen LogP contribution in [0.3, 0.4) is 0 Å². The first-order valence-corrected chi connectivity index (χ1v) is 8.73. The molecule has 0 saturated heterocycles. The van der Waals surface area contributed by atoms with Crippen LogP contribution in [-0.2, 0) is 6.54 Å². The zero-order chi connectivity index (χ0) is 17.4. The molecule has 1 atom stereocenters. The highest BCUT2D eigenvalue weighted by molar-refractivity contribution is 7.11. The van der Waals surface area contributed by atoms with Crippen LogP contribution in [0.1, 0.15) is 16.7 Å². The van der Waals surface area contributed by atoms with Crippen LogP contribution >= 0.6 is 11.3 Å². The lowest BCUT2D eigenvalue weighted by atomic mass is 10.3. The number of aryl methyl sites for hydroxylation is 1. The van der Waals surface area contributed by atoms with Gasteiger partial charge < -0.3 is 20.1 Å². The third-order valence-corrected chi connectivity index (χ3v) is 4.39. The topological polar surface area (TPSA) is 54.9 Å². The Hall–Kier alpha value is -2.21. The Morgan fingerprint density at radius 2 is 2.00 bits per heavy atom. The van der Waals surface area contributed by atoms with Gasteiger partial charge in [-0.3, -0.25) is 4.99 Å². The number of nitrogens with zero attached hydrogens (tertiary/aromatic N) is 1. The molecule has 0 bridgehead atoms. The van der Waals surface area contributed by atoms with Gasteiger partial charge in [-0.25, -0.2) is 0 Å². The van der Waals surface area contributed by atoms with Gasteiger partial charge in [0.25, 0.3) is 0 Å². The van der Waals surface area contributed by atoms with Crippen LogP contribution < -0.4 is 20.1 Å². The van der Waals surface area contributed by atoms with E-state index >= 15 is 0 Å². The van der Waals surface area contributed by atoms with Crippen LogP contribution in [-0.4, -0.2) is 32.8 Å². The molecule has 0 aliphatic carbocycles. The molecule has 0 amide bonds. The summed E-state index contributed by atoms with van der Waals surface area (Å²) in [6.07, 6.45) is -0.000335. The van der Waals surface area contributed by atoms with E-state index in [9.17, 15) is 0 Å². The Morgan fingerprint density at radius 1 is 1.21 bits per heavy atom. The molecule has 1 aromatic carbocycles. The van der Waals surface area contributed by atoms with E-state index in [0.29, 0.717) is 6.54 Å². The predicted molar refractivity (Wildman–Crippen MR) is 100 cm³/mol. The molecular formula is C18H25N3O2S. The molecule has 5 nitrogen and oxygen atoms in total. The van der Waals surface area contributed by atoms with Crippen molar-refractivity contribution < 1.29 is 9.47 Å². The number of hydrogen-bond donors (Lipinski definition) is 2. The minimum Gasteiger partial charge on any atom is -0.497 e. The van der Waals surface area contributed by atoms with E-state index in [1.54, 1.807) is 25.5 Å². The molecule has 130 valence electrons. The maximum absolute atomic E-state index is 5.89. The van der Waals surface area contributed by atoms with Gasteiger partial charge in [0, 0.05) is 22.9 Å². The average Bonchev–Trinajstić information content (AvgIpc) is 3.00. The summed E-state index contributed by atoms with van der Waals surface area (Å²) in [5, 5.41) is 6.59. The lowest BCUT2D eigenvalue weighted by molar-refractivity contribution is 0.223. The summed E-state index contributed by atoms with van der Waals surface area (Å²) < 4.78 is 11.1. The molecular weight excluding hydrogens is 322 g/mol. The fourth-order valence-electron chi connectivity index (χ4n) is 2.16. The number of methoxy groups -OCH3 is 1. The largest absolute Gasteiger partial charge is 0.497 e. The Bertz CT molecular complexity index is 670. The van der Waals surface area contributed by atoms with E-state index < -0.39 is 0 Å². The predicted octanol–water partition coefficient (Wildman–Crippen LogP) is 3.20. The van der Waals surface area contributed by atoms with Gasteiger partial charge in [-0.2, -0.15) is 0 Å². The van der Waals surface area contributed by atoms with Crippen molar-refractivity contribution in [1.29, 1.82) is 0 Å². The molecule has 2 N–H and O–H groups in total. The van der Waals surface area contributed by atoms with E-state index in [0.717, 1.165) is 24.0 Å². The molecule has 1 heterocycles.